The van der Waals surface area contributed by atoms with Crippen LogP contribution in [0.2, 0.25) is 0 Å². The first-order valence-electron chi connectivity index (χ1n) is 26.0. The number of anilines is 2. The molecule has 4 N–H and O–H groups in total. The Balaban J connectivity index is 1.09. The number of rotatable bonds is 36. The van der Waals surface area contributed by atoms with Crippen molar-refractivity contribution in [1.82, 2.24) is 0 Å². The molecule has 0 amide bonds. The summed E-state index contributed by atoms with van der Waals surface area (Å²) in [5, 5.41) is 0. The van der Waals surface area contributed by atoms with Crippen LogP contribution in [0.3, 0.4) is 0 Å². The molecule has 0 saturated carbocycles. The van der Waals surface area contributed by atoms with E-state index in [4.69, 9.17) is 11.5 Å². The molecule has 2 unspecified atom stereocenters. The van der Waals surface area contributed by atoms with Crippen LogP contribution in [0.1, 0.15) is 245 Å². The van der Waals surface area contributed by atoms with Crippen LogP contribution >= 0.6 is 0 Å². The zero-order valence-electron chi connectivity index (χ0n) is 39.5. The Labute approximate surface area is 376 Å². The summed E-state index contributed by atoms with van der Waals surface area (Å²) in [6.07, 6.45) is 41.8. The van der Waals surface area contributed by atoms with Crippen LogP contribution in [0.15, 0.2) is 97.1 Å². The Bertz CT molecular complexity index is 1480. The second-order valence-electron chi connectivity index (χ2n) is 18.8. The maximum absolute atomic E-state index is 6.07. The predicted octanol–water partition coefficient (Wildman–Crippen LogP) is 18.3. The van der Waals surface area contributed by atoms with Gasteiger partial charge in [0.25, 0.3) is 0 Å². The average Bonchev–Trinajstić information content (AvgIpc) is 3.28. The molecule has 0 radical (unpaired) electrons. The zero-order chi connectivity index (χ0) is 43.0. The lowest BCUT2D eigenvalue weighted by Crippen LogP contribution is -2.02. The lowest BCUT2D eigenvalue weighted by Gasteiger charge is -2.19. The van der Waals surface area contributed by atoms with Gasteiger partial charge in [-0.3, -0.25) is 0 Å². The standard InChI is InChI=1S/C59H90N2/c1-3-5-7-9-11-13-15-20-24-28-32-58(54-42-46-56(60)47-43-54)52-38-34-50(35-39-52)30-26-22-18-17-19-23-27-31-51-36-40-53(41-37-51)59(55-44-48-57(61)49-45-55)33-29-25-21-16-14-12-10-8-6-4-2/h34-49,58-59H,3-33,60-61H2,1-2H3. The van der Waals surface area contributed by atoms with E-state index in [0.717, 1.165) is 11.4 Å². The predicted molar refractivity (Wildman–Crippen MR) is 271 cm³/mol. The first kappa shape index (κ1) is 50.1. The minimum Gasteiger partial charge on any atom is -0.399 e. The van der Waals surface area contributed by atoms with Gasteiger partial charge in [0.1, 0.15) is 0 Å². The highest BCUT2D eigenvalue weighted by atomic mass is 14.5. The van der Waals surface area contributed by atoms with E-state index in [0.29, 0.717) is 11.8 Å². The summed E-state index contributed by atoms with van der Waals surface area (Å²) in [6.45, 7) is 4.60. The second-order valence-corrected chi connectivity index (χ2v) is 18.8. The lowest BCUT2D eigenvalue weighted by molar-refractivity contribution is 0.540. The third kappa shape index (κ3) is 21.4. The van der Waals surface area contributed by atoms with Gasteiger partial charge in [0.15, 0.2) is 0 Å². The molecule has 61 heavy (non-hydrogen) atoms. The molecule has 0 heterocycles. The maximum atomic E-state index is 6.07. The van der Waals surface area contributed by atoms with E-state index in [1.807, 2.05) is 0 Å². The van der Waals surface area contributed by atoms with E-state index >= 15 is 0 Å². The smallest absolute Gasteiger partial charge is 0.0314 e. The molecule has 4 aromatic carbocycles. The Morgan fingerprint density at radius 1 is 0.279 bits per heavy atom. The number of aryl methyl sites for hydroxylation is 2. The van der Waals surface area contributed by atoms with Gasteiger partial charge in [-0.15, -0.1) is 0 Å². The fourth-order valence-corrected chi connectivity index (χ4v) is 9.56. The van der Waals surface area contributed by atoms with Crippen LogP contribution in [0.5, 0.6) is 0 Å². The summed E-state index contributed by atoms with van der Waals surface area (Å²) in [7, 11) is 0. The van der Waals surface area contributed by atoms with E-state index in [-0.39, 0.29) is 0 Å². The van der Waals surface area contributed by atoms with Crippen molar-refractivity contribution in [2.45, 2.75) is 225 Å². The van der Waals surface area contributed by atoms with Crippen molar-refractivity contribution in [2.75, 3.05) is 11.5 Å². The molecule has 0 aromatic heterocycles. The summed E-state index contributed by atoms with van der Waals surface area (Å²) < 4.78 is 0. The van der Waals surface area contributed by atoms with Crippen LogP contribution in [0.4, 0.5) is 11.4 Å². The average molecular weight is 827 g/mol. The van der Waals surface area contributed by atoms with Gasteiger partial charge in [0, 0.05) is 23.2 Å². The molecule has 0 fully saturated rings. The molecular weight excluding hydrogens is 737 g/mol. The highest BCUT2D eigenvalue weighted by Crippen LogP contribution is 2.33. The Kier molecular flexibility index (Phi) is 26.5. The van der Waals surface area contributed by atoms with Crippen molar-refractivity contribution in [2.24, 2.45) is 0 Å². The van der Waals surface area contributed by atoms with Crippen molar-refractivity contribution in [1.29, 1.82) is 0 Å². The fraction of sp³-hybridized carbons (Fsp3) is 0.593. The van der Waals surface area contributed by atoms with Crippen LogP contribution in [0.25, 0.3) is 0 Å². The number of unbranched alkanes of at least 4 members (excludes halogenated alkanes) is 24. The lowest BCUT2D eigenvalue weighted by atomic mass is 9.86. The third-order valence-corrected chi connectivity index (χ3v) is 13.6. The summed E-state index contributed by atoms with van der Waals surface area (Å²) in [4.78, 5) is 0. The van der Waals surface area contributed by atoms with Crippen LogP contribution < -0.4 is 11.5 Å². The van der Waals surface area contributed by atoms with Gasteiger partial charge in [-0.05, 0) is 96.2 Å². The van der Waals surface area contributed by atoms with E-state index in [9.17, 15) is 0 Å². The van der Waals surface area contributed by atoms with Crippen molar-refractivity contribution >= 4 is 11.4 Å². The Morgan fingerprint density at radius 2 is 0.508 bits per heavy atom. The molecule has 0 aliphatic rings. The highest BCUT2D eigenvalue weighted by molar-refractivity contribution is 5.44. The molecule has 0 aliphatic heterocycles. The Hall–Kier alpha value is -3.52. The van der Waals surface area contributed by atoms with Gasteiger partial charge in [0.05, 0.1) is 0 Å². The molecule has 0 aliphatic carbocycles. The number of nitrogen functional groups attached to an aromatic ring is 2. The number of hydrogen-bond acceptors (Lipinski definition) is 2. The van der Waals surface area contributed by atoms with Crippen LogP contribution in [0, 0.1) is 0 Å². The normalized spacial score (nSPS) is 12.5. The SMILES string of the molecule is CCCCCCCCCCCCC(c1ccc(N)cc1)c1ccc(CCCCCCCCCc2ccc(C(CCCCCCCCCCCC)c3ccc(N)cc3)cc2)cc1. The fourth-order valence-electron chi connectivity index (χ4n) is 9.56. The molecule has 2 atom stereocenters. The summed E-state index contributed by atoms with van der Waals surface area (Å²) >= 11 is 0. The first-order valence-corrected chi connectivity index (χ1v) is 26.0. The van der Waals surface area contributed by atoms with E-state index in [2.05, 4.69) is 111 Å². The van der Waals surface area contributed by atoms with Crippen LogP contribution in [-0.2, 0) is 12.8 Å². The van der Waals surface area contributed by atoms with Gasteiger partial charge < -0.3 is 11.5 Å². The molecule has 0 bridgehead atoms. The number of benzene rings is 4. The molecule has 2 nitrogen and oxygen atoms in total. The third-order valence-electron chi connectivity index (χ3n) is 13.6. The summed E-state index contributed by atoms with van der Waals surface area (Å²) in [5.74, 6) is 0.916. The monoisotopic (exact) mass is 827 g/mol. The van der Waals surface area contributed by atoms with Gasteiger partial charge in [-0.2, -0.15) is 0 Å². The van der Waals surface area contributed by atoms with E-state index in [1.54, 1.807) is 0 Å². The second kappa shape index (κ2) is 32.2. The van der Waals surface area contributed by atoms with Crippen molar-refractivity contribution < 1.29 is 0 Å². The summed E-state index contributed by atoms with van der Waals surface area (Å²) in [6, 6.07) is 36.6. The van der Waals surface area contributed by atoms with Crippen molar-refractivity contribution in [3.8, 4) is 0 Å². The van der Waals surface area contributed by atoms with Crippen molar-refractivity contribution in [3.05, 3.63) is 130 Å². The minimum atomic E-state index is 0.458. The van der Waals surface area contributed by atoms with Gasteiger partial charge in [0.2, 0.25) is 0 Å². The van der Waals surface area contributed by atoms with Gasteiger partial charge in [-0.1, -0.05) is 247 Å². The molecular formula is C59H90N2. The summed E-state index contributed by atoms with van der Waals surface area (Å²) in [5.41, 5.74) is 22.6. The largest absolute Gasteiger partial charge is 0.399 e. The molecule has 4 aromatic rings. The first-order chi connectivity index (χ1) is 30.1. The zero-order valence-corrected chi connectivity index (χ0v) is 39.5. The molecule has 336 valence electrons. The molecule has 4 rings (SSSR count). The maximum Gasteiger partial charge on any atom is 0.0314 e. The van der Waals surface area contributed by atoms with E-state index in [1.165, 1.54) is 232 Å². The van der Waals surface area contributed by atoms with Gasteiger partial charge in [-0.25, -0.2) is 0 Å². The van der Waals surface area contributed by atoms with Crippen LogP contribution in [-0.4, -0.2) is 0 Å². The number of nitrogens with two attached hydrogens (primary N) is 2. The number of hydrogen-bond donors (Lipinski definition) is 2. The van der Waals surface area contributed by atoms with Crippen molar-refractivity contribution in [3.63, 3.8) is 0 Å². The minimum absolute atomic E-state index is 0.458. The highest BCUT2D eigenvalue weighted by Gasteiger charge is 2.16. The van der Waals surface area contributed by atoms with E-state index < -0.39 is 0 Å². The molecule has 0 saturated heterocycles. The molecule has 0 spiro atoms. The topological polar surface area (TPSA) is 52.0 Å². The van der Waals surface area contributed by atoms with Gasteiger partial charge >= 0.3 is 0 Å². The molecule has 2 heteroatoms. The Morgan fingerprint density at radius 3 is 0.787 bits per heavy atom. The quantitative estimate of drug-likeness (QED) is 0.0354.